The number of hydrogen-bond donors (Lipinski definition) is 1. The van der Waals surface area contributed by atoms with Crippen LogP contribution in [0.2, 0.25) is 0 Å². The molecule has 3 heterocycles. The molecule has 1 aliphatic rings. The van der Waals surface area contributed by atoms with Crippen LogP contribution in [0.5, 0.6) is 0 Å². The quantitative estimate of drug-likeness (QED) is 0.927. The molecule has 0 spiro atoms. The minimum absolute atomic E-state index is 0.0179. The molecule has 5 nitrogen and oxygen atoms in total. The average molecular weight is 341 g/mol. The lowest BCUT2D eigenvalue weighted by Crippen LogP contribution is -2.29. The predicted octanol–water partition coefficient (Wildman–Crippen LogP) is 2.35. The van der Waals surface area contributed by atoms with Crippen molar-refractivity contribution in [2.45, 2.75) is 24.7 Å². The van der Waals surface area contributed by atoms with E-state index >= 15 is 0 Å². The van der Waals surface area contributed by atoms with E-state index < -0.39 is 10.0 Å². The SMILES string of the molecule is Cc1cc(S(=O)(=O)N2C[C@@H](CO)[C@H](c3ccsc3)C2)c(C)o1. The molecule has 0 radical (unpaired) electrons. The van der Waals surface area contributed by atoms with Crippen molar-refractivity contribution in [3.63, 3.8) is 0 Å². The van der Waals surface area contributed by atoms with Gasteiger partial charge in [-0.25, -0.2) is 8.42 Å². The third kappa shape index (κ3) is 2.62. The highest BCUT2D eigenvalue weighted by Gasteiger charge is 2.40. The highest BCUT2D eigenvalue weighted by atomic mass is 32.2. The molecule has 0 saturated carbocycles. The maximum atomic E-state index is 12.8. The van der Waals surface area contributed by atoms with Crippen LogP contribution in [0.15, 0.2) is 32.2 Å². The largest absolute Gasteiger partial charge is 0.465 e. The molecular formula is C15H19NO4S2. The van der Waals surface area contributed by atoms with E-state index in [1.54, 1.807) is 31.3 Å². The van der Waals surface area contributed by atoms with Gasteiger partial charge in [0.1, 0.15) is 16.4 Å². The molecule has 0 amide bonds. The number of nitrogens with zero attached hydrogens (tertiary/aromatic N) is 1. The van der Waals surface area contributed by atoms with E-state index in [-0.39, 0.29) is 23.3 Å². The van der Waals surface area contributed by atoms with Gasteiger partial charge in [-0.3, -0.25) is 0 Å². The summed E-state index contributed by atoms with van der Waals surface area (Å²) in [5.41, 5.74) is 1.10. The standard InChI is InChI=1S/C15H19NO4S2/c1-10-5-15(11(2)20-10)22(18,19)16-6-13(8-17)14(7-16)12-3-4-21-9-12/h3-5,9,13-14,17H,6-8H2,1-2H3/t13-,14-/m0/s1. The second-order valence-electron chi connectivity index (χ2n) is 5.71. The number of hydrogen-bond acceptors (Lipinski definition) is 5. The van der Waals surface area contributed by atoms with E-state index in [0.29, 0.717) is 24.6 Å². The Hall–Kier alpha value is -1.15. The zero-order valence-electron chi connectivity index (χ0n) is 12.5. The summed E-state index contributed by atoms with van der Waals surface area (Å²) in [5.74, 6) is 0.970. The van der Waals surface area contributed by atoms with Gasteiger partial charge < -0.3 is 9.52 Å². The molecule has 1 aliphatic heterocycles. The topological polar surface area (TPSA) is 70.8 Å². The molecule has 0 aliphatic carbocycles. The van der Waals surface area contributed by atoms with Gasteiger partial charge in [0.05, 0.1) is 0 Å². The maximum absolute atomic E-state index is 12.8. The number of aryl methyl sites for hydroxylation is 2. The van der Waals surface area contributed by atoms with Gasteiger partial charge in [0, 0.05) is 31.5 Å². The van der Waals surface area contributed by atoms with Gasteiger partial charge in [-0.2, -0.15) is 15.6 Å². The summed E-state index contributed by atoms with van der Waals surface area (Å²) in [7, 11) is -3.58. The number of thiophene rings is 1. The van der Waals surface area contributed by atoms with Crippen molar-refractivity contribution < 1.29 is 17.9 Å². The molecule has 1 saturated heterocycles. The first kappa shape index (κ1) is 15.7. The van der Waals surface area contributed by atoms with Crippen LogP contribution in [-0.4, -0.2) is 37.5 Å². The zero-order chi connectivity index (χ0) is 15.9. The van der Waals surface area contributed by atoms with E-state index in [9.17, 15) is 13.5 Å². The molecule has 22 heavy (non-hydrogen) atoms. The van der Waals surface area contributed by atoms with Crippen molar-refractivity contribution in [2.75, 3.05) is 19.7 Å². The molecule has 0 unspecified atom stereocenters. The molecule has 1 fully saturated rings. The van der Waals surface area contributed by atoms with E-state index in [0.717, 1.165) is 5.56 Å². The van der Waals surface area contributed by atoms with Gasteiger partial charge in [-0.1, -0.05) is 0 Å². The second-order valence-corrected chi connectivity index (χ2v) is 8.39. The Balaban J connectivity index is 1.91. The lowest BCUT2D eigenvalue weighted by Gasteiger charge is -2.15. The predicted molar refractivity (Wildman–Crippen MR) is 84.6 cm³/mol. The summed E-state index contributed by atoms with van der Waals surface area (Å²) in [5, 5.41) is 13.6. The maximum Gasteiger partial charge on any atom is 0.246 e. The fourth-order valence-electron chi connectivity index (χ4n) is 3.08. The van der Waals surface area contributed by atoms with Gasteiger partial charge in [0.15, 0.2) is 0 Å². The Morgan fingerprint density at radius 3 is 2.73 bits per heavy atom. The normalized spacial score (nSPS) is 23.2. The molecular weight excluding hydrogens is 322 g/mol. The molecule has 120 valence electrons. The van der Waals surface area contributed by atoms with Crippen LogP contribution in [0, 0.1) is 19.8 Å². The van der Waals surface area contributed by atoms with E-state index in [1.807, 2.05) is 16.8 Å². The fourth-order valence-corrected chi connectivity index (χ4v) is 5.55. The summed E-state index contributed by atoms with van der Waals surface area (Å²) in [6.45, 7) is 4.11. The Morgan fingerprint density at radius 2 is 2.18 bits per heavy atom. The van der Waals surface area contributed by atoms with Crippen molar-refractivity contribution in [1.82, 2.24) is 4.31 Å². The first-order chi connectivity index (χ1) is 10.4. The van der Waals surface area contributed by atoms with Gasteiger partial charge in [0.2, 0.25) is 10.0 Å². The van der Waals surface area contributed by atoms with Crippen LogP contribution < -0.4 is 0 Å². The van der Waals surface area contributed by atoms with Gasteiger partial charge in [-0.15, -0.1) is 0 Å². The van der Waals surface area contributed by atoms with Crippen LogP contribution in [0.25, 0.3) is 0 Å². The minimum atomic E-state index is -3.58. The summed E-state index contributed by atoms with van der Waals surface area (Å²) in [6, 6.07) is 3.57. The van der Waals surface area contributed by atoms with Crippen LogP contribution in [0.4, 0.5) is 0 Å². The minimum Gasteiger partial charge on any atom is -0.465 e. The lowest BCUT2D eigenvalue weighted by molar-refractivity contribution is 0.223. The summed E-state index contributed by atoms with van der Waals surface area (Å²) < 4.78 is 32.5. The molecule has 0 bridgehead atoms. The Morgan fingerprint density at radius 1 is 1.41 bits per heavy atom. The van der Waals surface area contributed by atoms with Gasteiger partial charge >= 0.3 is 0 Å². The number of rotatable bonds is 4. The van der Waals surface area contributed by atoms with E-state index in [1.165, 1.54) is 4.31 Å². The van der Waals surface area contributed by atoms with Crippen LogP contribution in [0.3, 0.4) is 0 Å². The highest BCUT2D eigenvalue weighted by Crippen LogP contribution is 2.37. The second kappa shape index (κ2) is 5.81. The van der Waals surface area contributed by atoms with Crippen LogP contribution >= 0.6 is 11.3 Å². The molecule has 1 N–H and O–H groups in total. The highest BCUT2D eigenvalue weighted by molar-refractivity contribution is 7.89. The van der Waals surface area contributed by atoms with Crippen molar-refractivity contribution in [3.05, 3.63) is 40.0 Å². The van der Waals surface area contributed by atoms with Crippen molar-refractivity contribution in [3.8, 4) is 0 Å². The number of aliphatic hydroxyl groups is 1. The third-order valence-electron chi connectivity index (χ3n) is 4.23. The average Bonchev–Trinajstić information content (AvgIpc) is 3.16. The van der Waals surface area contributed by atoms with E-state index in [2.05, 4.69) is 0 Å². The monoisotopic (exact) mass is 341 g/mol. The Bertz CT molecular complexity index is 749. The fraction of sp³-hybridized carbons (Fsp3) is 0.467. The van der Waals surface area contributed by atoms with Crippen molar-refractivity contribution in [1.29, 1.82) is 0 Å². The zero-order valence-corrected chi connectivity index (χ0v) is 14.2. The lowest BCUT2D eigenvalue weighted by atomic mass is 9.92. The Kier molecular flexibility index (Phi) is 4.15. The van der Waals surface area contributed by atoms with Crippen molar-refractivity contribution in [2.24, 2.45) is 5.92 Å². The molecule has 2 atom stereocenters. The molecule has 0 aromatic carbocycles. The first-order valence-electron chi connectivity index (χ1n) is 7.13. The number of furan rings is 1. The molecule has 2 aromatic rings. The smallest absolute Gasteiger partial charge is 0.246 e. The summed E-state index contributed by atoms with van der Waals surface area (Å²) in [4.78, 5) is 0.229. The summed E-state index contributed by atoms with van der Waals surface area (Å²) >= 11 is 1.59. The Labute approximate surface area is 134 Å². The van der Waals surface area contributed by atoms with Gasteiger partial charge in [0.25, 0.3) is 0 Å². The van der Waals surface area contributed by atoms with E-state index in [4.69, 9.17) is 4.42 Å². The number of sulfonamides is 1. The van der Waals surface area contributed by atoms with Gasteiger partial charge in [-0.05, 0) is 42.3 Å². The summed E-state index contributed by atoms with van der Waals surface area (Å²) in [6.07, 6.45) is 0. The molecule has 7 heteroatoms. The van der Waals surface area contributed by atoms with Crippen molar-refractivity contribution >= 4 is 21.4 Å². The number of aliphatic hydroxyl groups excluding tert-OH is 1. The van der Waals surface area contributed by atoms with Crippen LogP contribution in [0.1, 0.15) is 23.0 Å². The third-order valence-corrected chi connectivity index (χ3v) is 6.87. The van der Waals surface area contributed by atoms with Crippen LogP contribution in [-0.2, 0) is 10.0 Å². The molecule has 3 rings (SSSR count). The molecule has 2 aromatic heterocycles. The first-order valence-corrected chi connectivity index (χ1v) is 9.52.